The molecule has 0 aliphatic rings. The molecule has 0 fully saturated rings. The van der Waals surface area contributed by atoms with E-state index in [2.05, 4.69) is 5.32 Å². The van der Waals surface area contributed by atoms with Gasteiger partial charge in [0.15, 0.2) is 6.10 Å². The van der Waals surface area contributed by atoms with Crippen LogP contribution in [0, 0.1) is 19.7 Å². The molecule has 1 amide bonds. The third-order valence-electron chi connectivity index (χ3n) is 3.60. The fraction of sp³-hybridized carbons (Fsp3) is 0.278. The van der Waals surface area contributed by atoms with Crippen LogP contribution in [0.25, 0.3) is 0 Å². The molecule has 0 heterocycles. The molecule has 1 N–H and O–H groups in total. The lowest BCUT2D eigenvalue weighted by Crippen LogP contribution is -2.32. The number of ether oxygens (including phenoxy) is 1. The molecule has 2 rings (SSSR count). The molecule has 4 heteroatoms. The zero-order valence-electron chi connectivity index (χ0n) is 13.0. The van der Waals surface area contributed by atoms with Crippen molar-refractivity contribution in [3.8, 4) is 5.75 Å². The largest absolute Gasteiger partial charge is 0.480 e. The van der Waals surface area contributed by atoms with Crippen LogP contribution in [0.3, 0.4) is 0 Å². The molecule has 0 aliphatic heterocycles. The molecule has 0 aliphatic carbocycles. The highest BCUT2D eigenvalue weighted by atomic mass is 19.1. The molecule has 0 unspecified atom stereocenters. The van der Waals surface area contributed by atoms with Crippen LogP contribution < -0.4 is 10.1 Å². The first-order chi connectivity index (χ1) is 10.5. The second-order valence-corrected chi connectivity index (χ2v) is 5.21. The first kappa shape index (κ1) is 16.0. The Kier molecular flexibility index (Phi) is 5.15. The van der Waals surface area contributed by atoms with E-state index in [0.717, 1.165) is 11.1 Å². The van der Waals surface area contributed by atoms with Crippen LogP contribution in [-0.2, 0) is 4.79 Å². The average Bonchev–Trinajstić information content (AvgIpc) is 2.51. The number of amides is 1. The Bertz CT molecular complexity index is 653. The quantitative estimate of drug-likeness (QED) is 0.897. The van der Waals surface area contributed by atoms with Gasteiger partial charge < -0.3 is 10.1 Å². The summed E-state index contributed by atoms with van der Waals surface area (Å²) in [6.45, 7) is 5.86. The maximum Gasteiger partial charge on any atom is 0.265 e. The summed E-state index contributed by atoms with van der Waals surface area (Å²) in [6, 6.07) is 11.4. The van der Waals surface area contributed by atoms with Gasteiger partial charge in [-0.15, -0.1) is 0 Å². The molecule has 22 heavy (non-hydrogen) atoms. The summed E-state index contributed by atoms with van der Waals surface area (Å²) in [4.78, 5) is 12.3. The monoisotopic (exact) mass is 301 g/mol. The molecular weight excluding hydrogens is 281 g/mol. The van der Waals surface area contributed by atoms with Gasteiger partial charge in [0, 0.05) is 5.69 Å². The first-order valence-electron chi connectivity index (χ1n) is 7.30. The van der Waals surface area contributed by atoms with Gasteiger partial charge in [-0.25, -0.2) is 4.39 Å². The number of carbonyl (C=O) groups excluding carboxylic acids is 1. The van der Waals surface area contributed by atoms with E-state index in [-0.39, 0.29) is 11.7 Å². The lowest BCUT2D eigenvalue weighted by atomic mass is 10.1. The lowest BCUT2D eigenvalue weighted by molar-refractivity contribution is -0.122. The molecule has 0 saturated carbocycles. The van der Waals surface area contributed by atoms with Crippen LogP contribution in [0.2, 0.25) is 0 Å². The van der Waals surface area contributed by atoms with Gasteiger partial charge in [0.1, 0.15) is 11.6 Å². The number of benzene rings is 2. The molecule has 3 nitrogen and oxygen atoms in total. The van der Waals surface area contributed by atoms with Crippen LogP contribution in [0.15, 0.2) is 42.5 Å². The Labute approximate surface area is 130 Å². The molecule has 116 valence electrons. The van der Waals surface area contributed by atoms with Crippen LogP contribution >= 0.6 is 0 Å². The van der Waals surface area contributed by atoms with Crippen molar-refractivity contribution in [2.24, 2.45) is 0 Å². The Balaban J connectivity index is 2.09. The van der Waals surface area contributed by atoms with Crippen molar-refractivity contribution in [2.75, 3.05) is 5.32 Å². The number of carbonyl (C=O) groups is 1. The van der Waals surface area contributed by atoms with Crippen molar-refractivity contribution in [1.82, 2.24) is 0 Å². The van der Waals surface area contributed by atoms with Gasteiger partial charge in [0.2, 0.25) is 0 Å². The maximum absolute atomic E-state index is 12.9. The van der Waals surface area contributed by atoms with Gasteiger partial charge in [-0.1, -0.05) is 19.1 Å². The van der Waals surface area contributed by atoms with E-state index < -0.39 is 6.10 Å². The number of rotatable bonds is 5. The van der Waals surface area contributed by atoms with Crippen molar-refractivity contribution in [2.45, 2.75) is 33.3 Å². The second kappa shape index (κ2) is 7.07. The van der Waals surface area contributed by atoms with Gasteiger partial charge in [-0.3, -0.25) is 4.79 Å². The molecule has 2 aromatic rings. The number of halogens is 1. The molecule has 1 atom stereocenters. The minimum absolute atomic E-state index is 0.241. The summed E-state index contributed by atoms with van der Waals surface area (Å²) >= 11 is 0. The predicted octanol–water partition coefficient (Wildman–Crippen LogP) is 4.24. The van der Waals surface area contributed by atoms with E-state index in [0.29, 0.717) is 17.9 Å². The topological polar surface area (TPSA) is 38.3 Å². The van der Waals surface area contributed by atoms with Gasteiger partial charge in [0.05, 0.1) is 0 Å². The minimum atomic E-state index is -0.592. The van der Waals surface area contributed by atoms with Crippen molar-refractivity contribution in [3.05, 3.63) is 59.4 Å². The van der Waals surface area contributed by atoms with Crippen LogP contribution in [0.1, 0.15) is 24.5 Å². The van der Waals surface area contributed by atoms with Crippen molar-refractivity contribution >= 4 is 11.6 Å². The summed E-state index contributed by atoms with van der Waals surface area (Å²) in [7, 11) is 0. The van der Waals surface area contributed by atoms with Crippen LogP contribution in [0.5, 0.6) is 5.75 Å². The Morgan fingerprint density at radius 3 is 2.50 bits per heavy atom. The minimum Gasteiger partial charge on any atom is -0.480 e. The highest BCUT2D eigenvalue weighted by Gasteiger charge is 2.19. The number of nitrogens with one attached hydrogen (secondary N) is 1. The highest BCUT2D eigenvalue weighted by molar-refractivity contribution is 5.94. The Morgan fingerprint density at radius 2 is 1.86 bits per heavy atom. The summed E-state index contributed by atoms with van der Waals surface area (Å²) in [6.07, 6.45) is -0.0500. The smallest absolute Gasteiger partial charge is 0.265 e. The van der Waals surface area contributed by atoms with E-state index in [1.165, 1.54) is 24.3 Å². The molecule has 2 aromatic carbocycles. The Hall–Kier alpha value is -2.36. The number of aryl methyl sites for hydroxylation is 1. The molecule has 0 aromatic heterocycles. The van der Waals surface area contributed by atoms with Crippen molar-refractivity contribution in [1.29, 1.82) is 0 Å². The van der Waals surface area contributed by atoms with Crippen molar-refractivity contribution in [3.63, 3.8) is 0 Å². The maximum atomic E-state index is 12.9. The standard InChI is InChI=1S/C18H20FNO2/c1-4-16(22-17-7-5-6-12(2)13(17)3)18(21)20-15-10-8-14(19)9-11-15/h5-11,16H,4H2,1-3H3,(H,20,21)/t16-/m0/s1. The first-order valence-corrected chi connectivity index (χ1v) is 7.30. The van der Waals surface area contributed by atoms with Gasteiger partial charge in [-0.05, 0) is 61.7 Å². The number of anilines is 1. The summed E-state index contributed by atoms with van der Waals surface area (Å²) < 4.78 is 18.7. The van der Waals surface area contributed by atoms with Gasteiger partial charge >= 0.3 is 0 Å². The third-order valence-corrected chi connectivity index (χ3v) is 3.60. The zero-order chi connectivity index (χ0) is 16.1. The molecule has 0 saturated heterocycles. The van der Waals surface area contributed by atoms with E-state index in [4.69, 9.17) is 4.74 Å². The average molecular weight is 301 g/mol. The lowest BCUT2D eigenvalue weighted by Gasteiger charge is -2.19. The fourth-order valence-corrected chi connectivity index (χ4v) is 2.08. The third kappa shape index (κ3) is 3.85. The second-order valence-electron chi connectivity index (χ2n) is 5.21. The molecule has 0 bridgehead atoms. The predicted molar refractivity (Wildman–Crippen MR) is 85.7 cm³/mol. The fourth-order valence-electron chi connectivity index (χ4n) is 2.08. The van der Waals surface area contributed by atoms with Crippen molar-refractivity contribution < 1.29 is 13.9 Å². The highest BCUT2D eigenvalue weighted by Crippen LogP contribution is 2.23. The molecule has 0 radical (unpaired) electrons. The van der Waals surface area contributed by atoms with E-state index >= 15 is 0 Å². The van der Waals surface area contributed by atoms with E-state index in [9.17, 15) is 9.18 Å². The molecular formula is C18H20FNO2. The summed E-state index contributed by atoms with van der Waals surface area (Å²) in [5.41, 5.74) is 2.69. The number of hydrogen-bond donors (Lipinski definition) is 1. The van der Waals surface area contributed by atoms with Crippen LogP contribution in [0.4, 0.5) is 10.1 Å². The molecule has 0 spiro atoms. The zero-order valence-corrected chi connectivity index (χ0v) is 13.0. The van der Waals surface area contributed by atoms with E-state index in [1.807, 2.05) is 39.0 Å². The number of hydrogen-bond acceptors (Lipinski definition) is 2. The van der Waals surface area contributed by atoms with Gasteiger partial charge in [0.25, 0.3) is 5.91 Å². The normalized spacial score (nSPS) is 11.8. The SMILES string of the molecule is CC[C@H](Oc1cccc(C)c1C)C(=O)Nc1ccc(F)cc1. The van der Waals surface area contributed by atoms with E-state index in [1.54, 1.807) is 0 Å². The van der Waals surface area contributed by atoms with Gasteiger partial charge in [-0.2, -0.15) is 0 Å². The summed E-state index contributed by atoms with van der Waals surface area (Å²) in [5, 5.41) is 2.74. The van der Waals surface area contributed by atoms with Crippen LogP contribution in [-0.4, -0.2) is 12.0 Å². The Morgan fingerprint density at radius 1 is 1.18 bits per heavy atom. The summed E-state index contributed by atoms with van der Waals surface area (Å²) in [5.74, 6) is 0.132.